The number of benzene rings is 1. The number of fused-ring (bicyclic) bond motifs is 1. The van der Waals surface area contributed by atoms with Crippen LogP contribution in [0.25, 0.3) is 0 Å². The third-order valence-electron chi connectivity index (χ3n) is 4.28. The van der Waals surface area contributed by atoms with E-state index in [1.807, 2.05) is 49.8 Å². The van der Waals surface area contributed by atoms with Crippen LogP contribution < -0.4 is 10.6 Å². The highest BCUT2D eigenvalue weighted by Crippen LogP contribution is 2.32. The third-order valence-corrected chi connectivity index (χ3v) is 5.25. The Morgan fingerprint density at radius 3 is 2.83 bits per heavy atom. The van der Waals surface area contributed by atoms with Gasteiger partial charge in [-0.25, -0.2) is 0 Å². The molecule has 0 spiro atoms. The molecule has 0 saturated carbocycles. The third kappa shape index (κ3) is 3.49. The van der Waals surface area contributed by atoms with Crippen molar-refractivity contribution in [2.75, 3.05) is 26.0 Å². The summed E-state index contributed by atoms with van der Waals surface area (Å²) in [6.45, 7) is 0.520. The summed E-state index contributed by atoms with van der Waals surface area (Å²) in [4.78, 5) is 27.9. The molecule has 2 amide bonds. The molecule has 1 aliphatic heterocycles. The van der Waals surface area contributed by atoms with Crippen molar-refractivity contribution in [3.63, 3.8) is 0 Å². The van der Waals surface area contributed by atoms with Gasteiger partial charge in [-0.3, -0.25) is 9.59 Å². The molecule has 24 heavy (non-hydrogen) atoms. The van der Waals surface area contributed by atoms with Crippen LogP contribution in [0.15, 0.2) is 41.8 Å². The molecule has 2 N–H and O–H groups in total. The van der Waals surface area contributed by atoms with Crippen molar-refractivity contribution < 1.29 is 9.59 Å². The van der Waals surface area contributed by atoms with E-state index < -0.39 is 5.92 Å². The van der Waals surface area contributed by atoms with E-state index in [0.717, 1.165) is 11.3 Å². The lowest BCUT2D eigenvalue weighted by Crippen LogP contribution is -2.39. The molecule has 1 aromatic carbocycles. The molecule has 0 saturated heterocycles. The molecular weight excluding hydrogens is 322 g/mol. The van der Waals surface area contributed by atoms with Crippen molar-refractivity contribution in [1.82, 2.24) is 10.2 Å². The average Bonchev–Trinajstić information content (AvgIpc) is 3.07. The van der Waals surface area contributed by atoms with Crippen LogP contribution in [0.5, 0.6) is 0 Å². The number of anilines is 1. The van der Waals surface area contributed by atoms with Crippen LogP contribution >= 0.6 is 11.3 Å². The molecule has 0 fully saturated rings. The molecule has 126 valence electrons. The van der Waals surface area contributed by atoms with Gasteiger partial charge >= 0.3 is 0 Å². The largest absolute Gasteiger partial charge is 0.354 e. The molecule has 3 rings (SSSR count). The molecule has 0 radical (unpaired) electrons. The average molecular weight is 343 g/mol. The van der Waals surface area contributed by atoms with E-state index in [9.17, 15) is 9.59 Å². The SMILES string of the molecule is CN(C)[C@@H](CNC(=O)[C@@H]1CC(=O)Nc2ccccc21)c1cccs1. The second kappa shape index (κ2) is 7.15. The van der Waals surface area contributed by atoms with E-state index in [2.05, 4.69) is 21.6 Å². The van der Waals surface area contributed by atoms with Gasteiger partial charge in [-0.2, -0.15) is 0 Å². The van der Waals surface area contributed by atoms with Crippen molar-refractivity contribution in [2.45, 2.75) is 18.4 Å². The quantitative estimate of drug-likeness (QED) is 0.877. The number of nitrogens with zero attached hydrogens (tertiary/aromatic N) is 1. The van der Waals surface area contributed by atoms with Crippen molar-refractivity contribution in [1.29, 1.82) is 0 Å². The zero-order chi connectivity index (χ0) is 17.1. The first kappa shape index (κ1) is 16.7. The van der Waals surface area contributed by atoms with E-state index in [-0.39, 0.29) is 24.3 Å². The van der Waals surface area contributed by atoms with Crippen molar-refractivity contribution in [3.05, 3.63) is 52.2 Å². The lowest BCUT2D eigenvalue weighted by Gasteiger charge is -2.27. The summed E-state index contributed by atoms with van der Waals surface area (Å²) in [6, 6.07) is 11.7. The first-order chi connectivity index (χ1) is 11.6. The van der Waals surface area contributed by atoms with Gasteiger partial charge < -0.3 is 15.5 Å². The molecule has 0 bridgehead atoms. The highest BCUT2D eigenvalue weighted by atomic mass is 32.1. The minimum absolute atomic E-state index is 0.0966. The number of para-hydroxylation sites is 1. The molecule has 5 nitrogen and oxygen atoms in total. The molecule has 6 heteroatoms. The summed E-state index contributed by atoms with van der Waals surface area (Å²) in [7, 11) is 4.00. The second-order valence-electron chi connectivity index (χ2n) is 6.13. The monoisotopic (exact) mass is 343 g/mol. The first-order valence-electron chi connectivity index (χ1n) is 7.92. The topological polar surface area (TPSA) is 61.4 Å². The number of nitrogens with one attached hydrogen (secondary N) is 2. The first-order valence-corrected chi connectivity index (χ1v) is 8.80. The van der Waals surface area contributed by atoms with Crippen LogP contribution in [0.4, 0.5) is 5.69 Å². The van der Waals surface area contributed by atoms with Crippen LogP contribution in [0.1, 0.15) is 28.8 Å². The van der Waals surface area contributed by atoms with Crippen molar-refractivity contribution in [2.24, 2.45) is 0 Å². The molecule has 0 unspecified atom stereocenters. The fourth-order valence-electron chi connectivity index (χ4n) is 2.98. The van der Waals surface area contributed by atoms with Crippen molar-refractivity contribution >= 4 is 28.8 Å². The lowest BCUT2D eigenvalue weighted by atomic mass is 9.90. The van der Waals surface area contributed by atoms with E-state index in [0.29, 0.717) is 6.54 Å². The van der Waals surface area contributed by atoms with Gasteiger partial charge in [-0.15, -0.1) is 11.3 Å². The Balaban J connectivity index is 1.72. The molecule has 2 aromatic rings. The van der Waals surface area contributed by atoms with Gasteiger partial charge in [0.1, 0.15) is 0 Å². The Kier molecular flexibility index (Phi) is 4.97. The second-order valence-corrected chi connectivity index (χ2v) is 7.11. The van der Waals surface area contributed by atoms with Crippen molar-refractivity contribution in [3.8, 4) is 0 Å². The number of carbonyl (C=O) groups excluding carboxylic acids is 2. The van der Waals surface area contributed by atoms with E-state index in [4.69, 9.17) is 0 Å². The summed E-state index contributed by atoms with van der Waals surface area (Å²) in [6.07, 6.45) is 0.189. The number of thiophene rings is 1. The van der Waals surface area contributed by atoms with Crippen LogP contribution in [-0.4, -0.2) is 37.4 Å². The summed E-state index contributed by atoms with van der Waals surface area (Å²) in [5, 5.41) is 7.89. The zero-order valence-electron chi connectivity index (χ0n) is 13.8. The fourth-order valence-corrected chi connectivity index (χ4v) is 3.91. The summed E-state index contributed by atoms with van der Waals surface area (Å²) < 4.78 is 0. The fraction of sp³-hybridized carbons (Fsp3) is 0.333. The molecule has 2 atom stereocenters. The number of amides is 2. The maximum Gasteiger partial charge on any atom is 0.228 e. The Morgan fingerprint density at radius 2 is 2.12 bits per heavy atom. The van der Waals surface area contributed by atoms with Crippen LogP contribution in [0.3, 0.4) is 0 Å². The van der Waals surface area contributed by atoms with E-state index in [1.165, 1.54) is 4.88 Å². The number of carbonyl (C=O) groups is 2. The predicted octanol–water partition coefficient (Wildman–Crippen LogP) is 2.59. The van der Waals surface area contributed by atoms with Crippen LogP contribution in [0, 0.1) is 0 Å². The number of rotatable bonds is 5. The summed E-state index contributed by atoms with van der Waals surface area (Å²) in [5.41, 5.74) is 1.61. The van der Waals surface area contributed by atoms with Gasteiger partial charge in [0.25, 0.3) is 0 Å². The van der Waals surface area contributed by atoms with Gasteiger partial charge in [0, 0.05) is 23.5 Å². The number of likely N-dealkylation sites (N-methyl/N-ethyl adjacent to an activating group) is 1. The zero-order valence-corrected chi connectivity index (χ0v) is 14.6. The van der Waals surface area contributed by atoms with Gasteiger partial charge in [0.15, 0.2) is 0 Å². The molecule has 1 aliphatic rings. The molecular formula is C18H21N3O2S. The maximum atomic E-state index is 12.7. The van der Waals surface area contributed by atoms with E-state index >= 15 is 0 Å². The standard InChI is InChI=1S/C18H21N3O2S/c1-21(2)15(16-8-5-9-24-16)11-19-18(23)13-10-17(22)20-14-7-4-3-6-12(13)14/h3-9,13,15H,10-11H2,1-2H3,(H,19,23)(H,20,22)/t13-,15+/m1/s1. The molecule has 0 aliphatic carbocycles. The maximum absolute atomic E-state index is 12.7. The minimum Gasteiger partial charge on any atom is -0.354 e. The van der Waals surface area contributed by atoms with Gasteiger partial charge in [-0.05, 0) is 37.2 Å². The van der Waals surface area contributed by atoms with Crippen LogP contribution in [-0.2, 0) is 9.59 Å². The predicted molar refractivity (Wildman–Crippen MR) is 96.2 cm³/mol. The Hall–Kier alpha value is -2.18. The van der Waals surface area contributed by atoms with Crippen LogP contribution in [0.2, 0.25) is 0 Å². The Morgan fingerprint density at radius 1 is 1.33 bits per heavy atom. The summed E-state index contributed by atoms with van der Waals surface area (Å²) in [5.74, 6) is -0.641. The number of hydrogen-bond acceptors (Lipinski definition) is 4. The Bertz CT molecular complexity index is 728. The van der Waals surface area contributed by atoms with Gasteiger partial charge in [0.2, 0.25) is 11.8 Å². The highest BCUT2D eigenvalue weighted by molar-refractivity contribution is 7.10. The Labute approximate surface area is 145 Å². The molecule has 1 aromatic heterocycles. The normalized spacial score (nSPS) is 18.0. The van der Waals surface area contributed by atoms with E-state index in [1.54, 1.807) is 11.3 Å². The highest BCUT2D eigenvalue weighted by Gasteiger charge is 2.30. The smallest absolute Gasteiger partial charge is 0.228 e. The number of hydrogen-bond donors (Lipinski definition) is 2. The van der Waals surface area contributed by atoms with Gasteiger partial charge in [-0.1, -0.05) is 24.3 Å². The van der Waals surface area contributed by atoms with Gasteiger partial charge in [0.05, 0.1) is 12.0 Å². The lowest BCUT2D eigenvalue weighted by molar-refractivity contribution is -0.126. The summed E-state index contributed by atoms with van der Waals surface area (Å²) >= 11 is 1.68. The molecule has 2 heterocycles. The minimum atomic E-state index is -0.430.